The lowest BCUT2D eigenvalue weighted by atomic mass is 10.2. The van der Waals surface area contributed by atoms with Crippen LogP contribution in [0.2, 0.25) is 0 Å². The predicted octanol–water partition coefficient (Wildman–Crippen LogP) is 0.753. The van der Waals surface area contributed by atoms with Gasteiger partial charge in [-0.2, -0.15) is 0 Å². The fraction of sp³-hybridized carbons (Fsp3) is 1.00. The highest BCUT2D eigenvalue weighted by Crippen LogP contribution is 2.44. The van der Waals surface area contributed by atoms with E-state index in [-0.39, 0.29) is 0 Å². The molecule has 2 nitrogen and oxygen atoms in total. The van der Waals surface area contributed by atoms with Crippen molar-refractivity contribution in [3.05, 3.63) is 0 Å². The summed E-state index contributed by atoms with van der Waals surface area (Å²) in [5, 5.41) is 3.39. The van der Waals surface area contributed by atoms with Gasteiger partial charge in [0.2, 0.25) is 0 Å². The van der Waals surface area contributed by atoms with Gasteiger partial charge in [0, 0.05) is 35.4 Å². The monoisotopic (exact) mass is 175 g/mol. The van der Waals surface area contributed by atoms with E-state index in [4.69, 9.17) is 0 Å². The molecule has 0 saturated heterocycles. The predicted molar refractivity (Wildman–Crippen MR) is 49.1 cm³/mol. The van der Waals surface area contributed by atoms with Gasteiger partial charge in [0.25, 0.3) is 0 Å². The molecule has 0 radical (unpaired) electrons. The van der Waals surface area contributed by atoms with Gasteiger partial charge in [-0.05, 0) is 11.8 Å². The minimum absolute atomic E-state index is 0.495. The van der Waals surface area contributed by atoms with Crippen molar-refractivity contribution in [3.63, 3.8) is 0 Å². The van der Waals surface area contributed by atoms with Crippen molar-refractivity contribution in [2.75, 3.05) is 18.6 Å². The first-order valence-electron chi connectivity index (χ1n) is 4.06. The van der Waals surface area contributed by atoms with Crippen molar-refractivity contribution in [2.45, 2.75) is 26.3 Å². The molecule has 1 saturated carbocycles. The Morgan fingerprint density at radius 1 is 1.64 bits per heavy atom. The van der Waals surface area contributed by atoms with Gasteiger partial charge in [0.15, 0.2) is 0 Å². The van der Waals surface area contributed by atoms with Crippen LogP contribution in [-0.2, 0) is 10.8 Å². The second-order valence-corrected chi connectivity index (χ2v) is 5.53. The molecule has 2 atom stereocenters. The molecule has 1 aliphatic rings. The third-order valence-electron chi connectivity index (χ3n) is 2.29. The van der Waals surface area contributed by atoms with Crippen LogP contribution in [0.3, 0.4) is 0 Å². The Kier molecular flexibility index (Phi) is 2.70. The van der Waals surface area contributed by atoms with Crippen LogP contribution in [0, 0.1) is 5.41 Å². The van der Waals surface area contributed by atoms with Crippen molar-refractivity contribution in [3.8, 4) is 0 Å². The van der Waals surface area contributed by atoms with Gasteiger partial charge in [-0.25, -0.2) is 0 Å². The van der Waals surface area contributed by atoms with Gasteiger partial charge >= 0.3 is 0 Å². The van der Waals surface area contributed by atoms with Gasteiger partial charge in [-0.3, -0.25) is 4.21 Å². The topological polar surface area (TPSA) is 29.1 Å². The van der Waals surface area contributed by atoms with E-state index in [1.54, 1.807) is 6.26 Å². The molecular weight excluding hydrogens is 158 g/mol. The molecule has 1 aliphatic carbocycles. The largest absolute Gasteiger partial charge is 0.313 e. The Morgan fingerprint density at radius 3 is 2.55 bits per heavy atom. The Bertz CT molecular complexity index is 167. The van der Waals surface area contributed by atoms with Gasteiger partial charge in [-0.15, -0.1) is 0 Å². The van der Waals surface area contributed by atoms with Crippen molar-refractivity contribution >= 4 is 10.8 Å². The summed E-state index contributed by atoms with van der Waals surface area (Å²) in [5.74, 6) is 0.784. The first-order chi connectivity index (χ1) is 5.02. The van der Waals surface area contributed by atoms with E-state index in [1.807, 2.05) is 0 Å². The van der Waals surface area contributed by atoms with E-state index in [1.165, 1.54) is 6.42 Å². The minimum Gasteiger partial charge on any atom is -0.313 e. The van der Waals surface area contributed by atoms with Gasteiger partial charge in [0.05, 0.1) is 0 Å². The second-order valence-electron chi connectivity index (χ2n) is 3.98. The Hall–Kier alpha value is 0.110. The molecular formula is C8H17NOS. The highest BCUT2D eigenvalue weighted by atomic mass is 32.2. The molecule has 1 fully saturated rings. The quantitative estimate of drug-likeness (QED) is 0.683. The molecule has 0 spiro atoms. The molecule has 0 aromatic carbocycles. The van der Waals surface area contributed by atoms with Gasteiger partial charge in [-0.1, -0.05) is 13.8 Å². The van der Waals surface area contributed by atoms with Crippen LogP contribution in [0.1, 0.15) is 20.3 Å². The highest BCUT2D eigenvalue weighted by Gasteiger charge is 2.44. The van der Waals surface area contributed by atoms with E-state index in [2.05, 4.69) is 19.2 Å². The molecule has 11 heavy (non-hydrogen) atoms. The molecule has 0 aromatic rings. The molecule has 0 aliphatic heterocycles. The fourth-order valence-electron chi connectivity index (χ4n) is 1.19. The van der Waals surface area contributed by atoms with Crippen molar-refractivity contribution in [2.24, 2.45) is 5.41 Å². The average Bonchev–Trinajstić information content (AvgIpc) is 2.39. The molecule has 66 valence electrons. The van der Waals surface area contributed by atoms with E-state index in [0.717, 1.165) is 12.3 Å². The lowest BCUT2D eigenvalue weighted by molar-refractivity contribution is 0.553. The third-order valence-corrected chi connectivity index (χ3v) is 3.07. The molecule has 0 heterocycles. The maximum absolute atomic E-state index is 10.7. The van der Waals surface area contributed by atoms with Gasteiger partial charge in [0.1, 0.15) is 0 Å². The summed E-state index contributed by atoms with van der Waals surface area (Å²) in [7, 11) is -0.642. The third kappa shape index (κ3) is 2.91. The Labute approximate surface area is 71.2 Å². The van der Waals surface area contributed by atoms with Crippen LogP contribution in [0.4, 0.5) is 0 Å². The van der Waals surface area contributed by atoms with Crippen LogP contribution >= 0.6 is 0 Å². The summed E-state index contributed by atoms with van der Waals surface area (Å²) in [6, 6.07) is 0.672. The van der Waals surface area contributed by atoms with Crippen LogP contribution < -0.4 is 5.32 Å². The zero-order valence-electron chi connectivity index (χ0n) is 7.52. The van der Waals surface area contributed by atoms with E-state index >= 15 is 0 Å². The molecule has 0 bridgehead atoms. The van der Waals surface area contributed by atoms with Crippen molar-refractivity contribution < 1.29 is 4.21 Å². The lowest BCUT2D eigenvalue weighted by Crippen LogP contribution is -2.25. The molecule has 1 rings (SSSR count). The van der Waals surface area contributed by atoms with Crippen LogP contribution in [-0.4, -0.2) is 28.8 Å². The fourth-order valence-corrected chi connectivity index (χ4v) is 1.60. The lowest BCUT2D eigenvalue weighted by Gasteiger charge is -2.04. The maximum Gasteiger partial charge on any atom is 0.0357 e. The first-order valence-corrected chi connectivity index (χ1v) is 5.78. The first kappa shape index (κ1) is 9.20. The highest BCUT2D eigenvalue weighted by molar-refractivity contribution is 7.84. The SMILES string of the molecule is CS(=O)CCNC1CC1(C)C. The summed E-state index contributed by atoms with van der Waals surface area (Å²) in [6.45, 7) is 5.42. The van der Waals surface area contributed by atoms with Crippen LogP contribution in [0.15, 0.2) is 0 Å². The number of rotatable bonds is 4. The van der Waals surface area contributed by atoms with E-state index < -0.39 is 10.8 Å². The normalized spacial score (nSPS) is 29.9. The second kappa shape index (κ2) is 3.23. The van der Waals surface area contributed by atoms with Crippen LogP contribution in [0.5, 0.6) is 0 Å². The summed E-state index contributed by atoms with van der Waals surface area (Å²) in [5.41, 5.74) is 0.495. The van der Waals surface area contributed by atoms with Crippen LogP contribution in [0.25, 0.3) is 0 Å². The van der Waals surface area contributed by atoms with Crippen molar-refractivity contribution in [1.29, 1.82) is 0 Å². The molecule has 0 aromatic heterocycles. The number of hydrogen-bond donors (Lipinski definition) is 1. The summed E-state index contributed by atoms with van der Waals surface area (Å²) >= 11 is 0. The molecule has 0 amide bonds. The smallest absolute Gasteiger partial charge is 0.0357 e. The Balaban J connectivity index is 2.02. The van der Waals surface area contributed by atoms with Crippen molar-refractivity contribution in [1.82, 2.24) is 5.32 Å². The Morgan fingerprint density at radius 2 is 2.18 bits per heavy atom. The minimum atomic E-state index is -0.642. The van der Waals surface area contributed by atoms with E-state index in [0.29, 0.717) is 11.5 Å². The number of hydrogen-bond acceptors (Lipinski definition) is 2. The summed E-state index contributed by atoms with van der Waals surface area (Å²) in [6.07, 6.45) is 3.02. The zero-order valence-corrected chi connectivity index (χ0v) is 8.33. The van der Waals surface area contributed by atoms with E-state index in [9.17, 15) is 4.21 Å². The zero-order chi connectivity index (χ0) is 8.48. The summed E-state index contributed by atoms with van der Waals surface area (Å²) < 4.78 is 10.7. The maximum atomic E-state index is 10.7. The molecule has 1 N–H and O–H groups in total. The standard InChI is InChI=1S/C8H17NOS/c1-8(2)6-7(8)9-4-5-11(3)10/h7,9H,4-6H2,1-3H3. The molecule has 3 heteroatoms. The summed E-state index contributed by atoms with van der Waals surface area (Å²) in [4.78, 5) is 0. The average molecular weight is 175 g/mol. The van der Waals surface area contributed by atoms with Gasteiger partial charge < -0.3 is 5.32 Å². The number of nitrogens with one attached hydrogen (secondary N) is 1. The molecule has 2 unspecified atom stereocenters.